The second kappa shape index (κ2) is 5.27. The van der Waals surface area contributed by atoms with Gasteiger partial charge in [-0.3, -0.25) is 4.68 Å². The quantitative estimate of drug-likeness (QED) is 0.762. The number of fused-ring (bicyclic) bond motifs is 1. The van der Waals surface area contributed by atoms with Crippen LogP contribution in [0.3, 0.4) is 0 Å². The predicted octanol–water partition coefficient (Wildman–Crippen LogP) is 5.36. The number of aromatic nitrogens is 2. The second-order valence-electron chi connectivity index (χ2n) is 7.63. The van der Waals surface area contributed by atoms with Crippen LogP contribution in [0.4, 0.5) is 5.69 Å². The molecule has 1 aliphatic heterocycles. The van der Waals surface area contributed by atoms with Gasteiger partial charge in [-0.15, -0.1) is 0 Å². The summed E-state index contributed by atoms with van der Waals surface area (Å²) in [5, 5.41) is 9.11. The highest BCUT2D eigenvalue weighted by Gasteiger charge is 2.33. The van der Waals surface area contributed by atoms with Gasteiger partial charge in [0.05, 0.1) is 10.7 Å². The Bertz CT molecular complexity index is 787. The van der Waals surface area contributed by atoms with Crippen molar-refractivity contribution in [2.75, 3.05) is 5.32 Å². The molecule has 0 aliphatic carbocycles. The zero-order valence-corrected chi connectivity index (χ0v) is 15.9. The summed E-state index contributed by atoms with van der Waals surface area (Å²) in [6.07, 6.45) is 1.08. The third kappa shape index (κ3) is 2.55. The first-order valence-electron chi connectivity index (χ1n) is 8.24. The molecule has 0 radical (unpaired) electrons. The number of anilines is 1. The van der Waals surface area contributed by atoms with E-state index in [9.17, 15) is 0 Å². The number of rotatable bonds is 1. The molecule has 1 aromatic carbocycles. The van der Waals surface area contributed by atoms with Crippen LogP contribution in [-0.2, 0) is 7.05 Å². The molecule has 3 rings (SSSR count). The molecule has 1 unspecified atom stereocenters. The second-order valence-corrected chi connectivity index (χ2v) is 8.01. The molecule has 1 atom stereocenters. The first kappa shape index (κ1) is 16.4. The molecular weight excluding hydrogens is 306 g/mol. The van der Waals surface area contributed by atoms with E-state index in [0.717, 1.165) is 28.4 Å². The van der Waals surface area contributed by atoms with Crippen LogP contribution in [0.25, 0.3) is 11.1 Å². The highest BCUT2D eigenvalue weighted by atomic mass is 35.5. The van der Waals surface area contributed by atoms with E-state index in [-0.39, 0.29) is 5.54 Å². The van der Waals surface area contributed by atoms with Crippen molar-refractivity contribution >= 4 is 17.3 Å². The van der Waals surface area contributed by atoms with Crippen LogP contribution >= 0.6 is 11.6 Å². The van der Waals surface area contributed by atoms with E-state index in [2.05, 4.69) is 58.0 Å². The number of nitrogens with zero attached hydrogens (tertiary/aromatic N) is 2. The Morgan fingerprint density at radius 2 is 1.96 bits per heavy atom. The van der Waals surface area contributed by atoms with Gasteiger partial charge in [-0.25, -0.2) is 0 Å². The van der Waals surface area contributed by atoms with Gasteiger partial charge in [0, 0.05) is 35.1 Å². The molecule has 0 saturated heterocycles. The van der Waals surface area contributed by atoms with Gasteiger partial charge in [0.15, 0.2) is 0 Å². The first-order valence-corrected chi connectivity index (χ1v) is 8.62. The smallest absolute Gasteiger partial charge is 0.0675 e. The van der Waals surface area contributed by atoms with Crippen molar-refractivity contribution in [2.24, 2.45) is 7.05 Å². The molecular formula is C19H26ClN3. The SMILES string of the molecule is Cc1cc(-c2c(C)nn(C)c2C)c(Cl)c2c1NC(C)(C)CC2C. The largest absolute Gasteiger partial charge is 0.380 e. The average molecular weight is 332 g/mol. The lowest BCUT2D eigenvalue weighted by Crippen LogP contribution is -2.37. The molecule has 1 aromatic heterocycles. The molecule has 0 amide bonds. The summed E-state index contributed by atoms with van der Waals surface area (Å²) in [7, 11) is 1.98. The zero-order valence-electron chi connectivity index (χ0n) is 15.1. The molecule has 1 N–H and O–H groups in total. The van der Waals surface area contributed by atoms with Gasteiger partial charge in [0.25, 0.3) is 0 Å². The minimum Gasteiger partial charge on any atom is -0.380 e. The van der Waals surface area contributed by atoms with E-state index in [1.165, 1.54) is 22.4 Å². The van der Waals surface area contributed by atoms with Gasteiger partial charge in [-0.1, -0.05) is 18.5 Å². The van der Waals surface area contributed by atoms with Crippen molar-refractivity contribution in [1.29, 1.82) is 0 Å². The Morgan fingerprint density at radius 3 is 2.52 bits per heavy atom. The maximum Gasteiger partial charge on any atom is 0.0675 e. The summed E-state index contributed by atoms with van der Waals surface area (Å²) < 4.78 is 1.93. The third-order valence-electron chi connectivity index (χ3n) is 5.05. The number of halogens is 1. The normalized spacial score (nSPS) is 19.4. The van der Waals surface area contributed by atoms with E-state index in [1.807, 2.05) is 11.7 Å². The standard InChI is InChI=1S/C19H26ClN3/c1-10-8-14(16-12(3)22-23(7)13(16)4)17(20)15-11(2)9-19(5,6)21-18(10)15/h8,11,21H,9H2,1-7H3. The number of benzene rings is 1. The van der Waals surface area contributed by atoms with E-state index < -0.39 is 0 Å². The first-order chi connectivity index (χ1) is 10.6. The molecule has 2 aromatic rings. The molecule has 3 nitrogen and oxygen atoms in total. The van der Waals surface area contributed by atoms with Crippen LogP contribution in [0.5, 0.6) is 0 Å². The summed E-state index contributed by atoms with van der Waals surface area (Å²) in [6.45, 7) is 13.1. The fraction of sp³-hybridized carbons (Fsp3) is 0.526. The fourth-order valence-electron chi connectivity index (χ4n) is 4.05. The summed E-state index contributed by atoms with van der Waals surface area (Å²) in [5.74, 6) is 0.435. The number of hydrogen-bond donors (Lipinski definition) is 1. The third-order valence-corrected chi connectivity index (χ3v) is 5.46. The lowest BCUT2D eigenvalue weighted by molar-refractivity contribution is 0.454. The minimum absolute atomic E-state index is 0.0994. The number of hydrogen-bond acceptors (Lipinski definition) is 2. The molecule has 1 aliphatic rings. The van der Waals surface area contributed by atoms with Crippen molar-refractivity contribution in [3.8, 4) is 11.1 Å². The summed E-state index contributed by atoms with van der Waals surface area (Å²) in [5.41, 5.74) is 8.28. The van der Waals surface area contributed by atoms with Crippen molar-refractivity contribution < 1.29 is 0 Å². The van der Waals surface area contributed by atoms with Crippen LogP contribution in [0.15, 0.2) is 6.07 Å². The van der Waals surface area contributed by atoms with Gasteiger partial charge in [-0.2, -0.15) is 5.10 Å². The lowest BCUT2D eigenvalue weighted by atomic mass is 9.79. The lowest BCUT2D eigenvalue weighted by Gasteiger charge is -2.39. The highest BCUT2D eigenvalue weighted by molar-refractivity contribution is 6.34. The number of nitrogens with one attached hydrogen (secondary N) is 1. The molecule has 124 valence electrons. The minimum atomic E-state index is 0.0994. The average Bonchev–Trinajstić information content (AvgIpc) is 2.66. The van der Waals surface area contributed by atoms with Gasteiger partial charge < -0.3 is 5.32 Å². The molecule has 4 heteroatoms. The van der Waals surface area contributed by atoms with Gasteiger partial charge in [0.1, 0.15) is 0 Å². The Kier molecular flexibility index (Phi) is 3.75. The van der Waals surface area contributed by atoms with E-state index >= 15 is 0 Å². The Balaban J connectivity index is 2.27. The highest BCUT2D eigenvalue weighted by Crippen LogP contribution is 2.48. The maximum absolute atomic E-state index is 6.90. The predicted molar refractivity (Wildman–Crippen MR) is 98.6 cm³/mol. The van der Waals surface area contributed by atoms with Crippen LogP contribution < -0.4 is 5.32 Å². The number of aryl methyl sites for hydroxylation is 3. The maximum atomic E-state index is 6.90. The van der Waals surface area contributed by atoms with Crippen molar-refractivity contribution in [1.82, 2.24) is 9.78 Å². The van der Waals surface area contributed by atoms with Crippen LogP contribution in [0.1, 0.15) is 55.6 Å². The summed E-state index contributed by atoms with van der Waals surface area (Å²) in [6, 6.07) is 2.21. The molecule has 0 fully saturated rings. The van der Waals surface area contributed by atoms with E-state index in [0.29, 0.717) is 5.92 Å². The molecule has 23 heavy (non-hydrogen) atoms. The van der Waals surface area contributed by atoms with E-state index in [4.69, 9.17) is 11.6 Å². The van der Waals surface area contributed by atoms with E-state index in [1.54, 1.807) is 0 Å². The fourth-order valence-corrected chi connectivity index (χ4v) is 4.48. The van der Waals surface area contributed by atoms with Gasteiger partial charge in [-0.05, 0) is 64.2 Å². The molecule has 0 spiro atoms. The zero-order chi connectivity index (χ0) is 17.1. The Morgan fingerprint density at radius 1 is 1.30 bits per heavy atom. The van der Waals surface area contributed by atoms with Crippen molar-refractivity contribution in [2.45, 2.75) is 59.4 Å². The molecule has 0 bridgehead atoms. The monoisotopic (exact) mass is 331 g/mol. The Hall–Kier alpha value is -1.48. The van der Waals surface area contributed by atoms with Gasteiger partial charge in [0.2, 0.25) is 0 Å². The van der Waals surface area contributed by atoms with Gasteiger partial charge >= 0.3 is 0 Å². The topological polar surface area (TPSA) is 29.9 Å². The molecule has 2 heterocycles. The van der Waals surface area contributed by atoms with Crippen LogP contribution in [0.2, 0.25) is 5.02 Å². The van der Waals surface area contributed by atoms with Crippen LogP contribution in [0, 0.1) is 20.8 Å². The van der Waals surface area contributed by atoms with Crippen molar-refractivity contribution in [3.05, 3.63) is 33.6 Å². The van der Waals surface area contributed by atoms with Crippen LogP contribution in [-0.4, -0.2) is 15.3 Å². The summed E-state index contributed by atoms with van der Waals surface area (Å²) in [4.78, 5) is 0. The molecule has 0 saturated carbocycles. The van der Waals surface area contributed by atoms with Crippen molar-refractivity contribution in [3.63, 3.8) is 0 Å². The Labute approximate surface area is 144 Å². The summed E-state index contributed by atoms with van der Waals surface area (Å²) >= 11 is 6.90.